The third kappa shape index (κ3) is 49.3. The smallest absolute Gasteiger partial charge is 0.306 e. The van der Waals surface area contributed by atoms with Crippen LogP contribution in [-0.4, -0.2) is 46.9 Å². The van der Waals surface area contributed by atoms with Gasteiger partial charge in [-0.2, -0.15) is 0 Å². The van der Waals surface area contributed by atoms with Crippen molar-refractivity contribution >= 4 is 11.9 Å². The first kappa shape index (κ1) is 64.0. The number of carbonyl (C=O) groups excluding carboxylic acids is 2. The van der Waals surface area contributed by atoms with E-state index in [1.807, 2.05) is 6.08 Å². The van der Waals surface area contributed by atoms with E-state index in [-0.39, 0.29) is 24.9 Å². The largest absolute Gasteiger partial charge is 0.461 e. The van der Waals surface area contributed by atoms with Crippen LogP contribution in [0.15, 0.2) is 85.1 Å². The van der Waals surface area contributed by atoms with Crippen LogP contribution in [0.2, 0.25) is 0 Å². The van der Waals surface area contributed by atoms with Gasteiger partial charge < -0.3 is 20.3 Å². The normalized spacial score (nSPS) is 13.8. The first-order valence-electron chi connectivity index (χ1n) is 28.3. The first-order valence-corrected chi connectivity index (χ1v) is 28.3. The van der Waals surface area contributed by atoms with Crippen molar-refractivity contribution in [3.05, 3.63) is 85.1 Å². The second-order valence-corrected chi connectivity index (χ2v) is 19.0. The van der Waals surface area contributed by atoms with Gasteiger partial charge in [-0.1, -0.05) is 254 Å². The molecule has 6 heteroatoms. The van der Waals surface area contributed by atoms with Gasteiger partial charge in [0.2, 0.25) is 5.91 Å². The third-order valence-electron chi connectivity index (χ3n) is 12.5. The van der Waals surface area contributed by atoms with E-state index < -0.39 is 18.2 Å². The lowest BCUT2D eigenvalue weighted by molar-refractivity contribution is -0.150. The molecule has 0 aliphatic carbocycles. The number of aliphatic hydroxyl groups excluding tert-OH is 2. The van der Waals surface area contributed by atoms with Crippen LogP contribution >= 0.6 is 0 Å². The number of carbonyl (C=O) groups is 2. The van der Waals surface area contributed by atoms with Gasteiger partial charge in [-0.15, -0.1) is 0 Å². The fourth-order valence-electron chi connectivity index (χ4n) is 8.19. The SMILES string of the molecule is CC/C=C/C/C=C/C/C=C/CCCCCCCCC(=O)OC(C/C=C\C/C=C\C/C=C\C/C=C\CCCCC)CC(=O)NC(CO)C(O)CCCCCCCCCCCCCCCCCCC. The maximum Gasteiger partial charge on any atom is 0.306 e. The van der Waals surface area contributed by atoms with Gasteiger partial charge in [-0.3, -0.25) is 9.59 Å². The molecule has 3 atom stereocenters. The summed E-state index contributed by atoms with van der Waals surface area (Å²) in [6.07, 6.45) is 70.9. The minimum atomic E-state index is -0.818. The van der Waals surface area contributed by atoms with Gasteiger partial charge in [-0.25, -0.2) is 0 Å². The highest BCUT2D eigenvalue weighted by Crippen LogP contribution is 2.17. The van der Waals surface area contributed by atoms with E-state index in [0.717, 1.165) is 83.5 Å². The summed E-state index contributed by atoms with van der Waals surface area (Å²) in [4.78, 5) is 26.2. The second kappa shape index (κ2) is 54.0. The van der Waals surface area contributed by atoms with E-state index >= 15 is 0 Å². The monoisotopic (exact) mass is 934 g/mol. The summed E-state index contributed by atoms with van der Waals surface area (Å²) in [6.45, 7) is 6.33. The van der Waals surface area contributed by atoms with Crippen LogP contribution in [0.25, 0.3) is 0 Å². The first-order chi connectivity index (χ1) is 33.0. The number of nitrogens with one attached hydrogen (secondary N) is 1. The number of unbranched alkanes of at least 4 members (excludes halogenated alkanes) is 25. The van der Waals surface area contributed by atoms with Crippen molar-refractivity contribution in [3.8, 4) is 0 Å². The van der Waals surface area contributed by atoms with Crippen LogP contribution in [0.5, 0.6) is 0 Å². The molecule has 0 radical (unpaired) electrons. The zero-order valence-corrected chi connectivity index (χ0v) is 44.0. The highest BCUT2D eigenvalue weighted by atomic mass is 16.5. The molecule has 0 aromatic heterocycles. The predicted octanol–water partition coefficient (Wildman–Crippen LogP) is 17.5. The summed E-state index contributed by atoms with van der Waals surface area (Å²) in [5, 5.41) is 23.8. The van der Waals surface area contributed by atoms with E-state index in [0.29, 0.717) is 19.3 Å². The fraction of sp³-hybridized carbons (Fsp3) is 0.738. The summed E-state index contributed by atoms with van der Waals surface area (Å²) >= 11 is 0. The van der Waals surface area contributed by atoms with Crippen molar-refractivity contribution in [1.82, 2.24) is 5.32 Å². The standard InChI is InChI=1S/C61H107NO5/c1-4-7-10-13-16-19-22-25-28-30-32-35-38-41-44-47-50-53-59(64)58(56-63)62-60(65)55-57(52-49-46-43-40-37-34-31-27-24-21-18-15-12-9-6-3)67-61(66)54-51-48-45-42-39-36-33-29-26-23-20-17-14-11-8-5-2/h8,11,17-18,20-21,26-27,29,31,37,40,46,49,57-59,63-64H,4-7,9-10,12-16,19,22-25,28,30,32-36,38-39,41-45,47-48,50-56H2,1-3H3,(H,62,65)/b11-8+,20-17+,21-18-,29-26+,31-27-,40-37-,49-46-. The Morgan fingerprint density at radius 3 is 1.30 bits per heavy atom. The highest BCUT2D eigenvalue weighted by Gasteiger charge is 2.23. The number of ether oxygens (including phenoxy) is 1. The van der Waals surface area contributed by atoms with Gasteiger partial charge in [0.1, 0.15) is 6.10 Å². The van der Waals surface area contributed by atoms with Crippen LogP contribution < -0.4 is 5.32 Å². The van der Waals surface area contributed by atoms with Gasteiger partial charge in [0.15, 0.2) is 0 Å². The van der Waals surface area contributed by atoms with Crippen LogP contribution in [-0.2, 0) is 14.3 Å². The zero-order chi connectivity index (χ0) is 48.8. The van der Waals surface area contributed by atoms with Crippen molar-refractivity contribution in [1.29, 1.82) is 0 Å². The number of rotatable bonds is 50. The Balaban J connectivity index is 4.67. The Morgan fingerprint density at radius 1 is 0.463 bits per heavy atom. The molecule has 0 heterocycles. The number of allylic oxidation sites excluding steroid dienone is 13. The Morgan fingerprint density at radius 2 is 0.836 bits per heavy atom. The molecule has 1 amide bonds. The predicted molar refractivity (Wildman–Crippen MR) is 291 cm³/mol. The average molecular weight is 935 g/mol. The third-order valence-corrected chi connectivity index (χ3v) is 12.5. The van der Waals surface area contributed by atoms with Crippen molar-refractivity contribution in [3.63, 3.8) is 0 Å². The van der Waals surface area contributed by atoms with Gasteiger partial charge >= 0.3 is 5.97 Å². The number of hydrogen-bond acceptors (Lipinski definition) is 5. The van der Waals surface area contributed by atoms with Gasteiger partial charge in [0.25, 0.3) is 0 Å². The average Bonchev–Trinajstić information content (AvgIpc) is 3.32. The molecular weight excluding hydrogens is 827 g/mol. The lowest BCUT2D eigenvalue weighted by atomic mass is 10.0. The lowest BCUT2D eigenvalue weighted by Gasteiger charge is -2.24. The van der Waals surface area contributed by atoms with E-state index in [9.17, 15) is 19.8 Å². The molecule has 0 aliphatic rings. The molecule has 3 unspecified atom stereocenters. The van der Waals surface area contributed by atoms with Gasteiger partial charge in [0.05, 0.1) is 25.2 Å². The van der Waals surface area contributed by atoms with Gasteiger partial charge in [0, 0.05) is 12.8 Å². The molecule has 6 nitrogen and oxygen atoms in total. The maximum atomic E-state index is 13.2. The molecular formula is C61H107NO5. The number of hydrogen-bond donors (Lipinski definition) is 3. The van der Waals surface area contributed by atoms with Crippen molar-refractivity contribution in [2.75, 3.05) is 6.61 Å². The Bertz CT molecular complexity index is 1280. The summed E-state index contributed by atoms with van der Waals surface area (Å²) in [5.41, 5.74) is 0. The molecule has 0 saturated carbocycles. The topological polar surface area (TPSA) is 95.9 Å². The molecule has 0 spiro atoms. The Hall–Kier alpha value is -2.96. The molecule has 386 valence electrons. The van der Waals surface area contributed by atoms with Crippen molar-refractivity contribution in [2.24, 2.45) is 0 Å². The zero-order valence-electron chi connectivity index (χ0n) is 44.0. The lowest BCUT2D eigenvalue weighted by Crippen LogP contribution is -2.46. The Kier molecular flexibility index (Phi) is 51.6. The molecule has 0 fully saturated rings. The molecule has 67 heavy (non-hydrogen) atoms. The number of aliphatic hydroxyl groups is 2. The van der Waals surface area contributed by atoms with E-state index in [1.54, 1.807) is 0 Å². The van der Waals surface area contributed by atoms with Crippen LogP contribution in [0.4, 0.5) is 0 Å². The molecule has 0 rings (SSSR count). The number of esters is 1. The summed E-state index contributed by atoms with van der Waals surface area (Å²) in [7, 11) is 0. The molecule has 0 aromatic carbocycles. The molecule has 0 aromatic rings. The molecule has 0 saturated heterocycles. The summed E-state index contributed by atoms with van der Waals surface area (Å²) in [5.74, 6) is -0.591. The fourth-order valence-corrected chi connectivity index (χ4v) is 8.19. The molecule has 3 N–H and O–H groups in total. The van der Waals surface area contributed by atoms with E-state index in [4.69, 9.17) is 4.74 Å². The van der Waals surface area contributed by atoms with Crippen LogP contribution in [0.3, 0.4) is 0 Å². The quantitative estimate of drug-likeness (QED) is 0.0321. The number of amides is 1. The highest BCUT2D eigenvalue weighted by molar-refractivity contribution is 5.77. The van der Waals surface area contributed by atoms with Crippen LogP contribution in [0, 0.1) is 0 Å². The van der Waals surface area contributed by atoms with Crippen molar-refractivity contribution < 1.29 is 24.5 Å². The maximum absolute atomic E-state index is 13.2. The Labute approximate surface area is 414 Å². The molecule has 0 bridgehead atoms. The minimum absolute atomic E-state index is 0.00680. The summed E-state index contributed by atoms with van der Waals surface area (Å²) < 4.78 is 5.88. The van der Waals surface area contributed by atoms with Crippen LogP contribution in [0.1, 0.15) is 265 Å². The summed E-state index contributed by atoms with van der Waals surface area (Å²) in [6, 6.07) is -0.738. The minimum Gasteiger partial charge on any atom is -0.461 e. The second-order valence-electron chi connectivity index (χ2n) is 19.0. The van der Waals surface area contributed by atoms with Gasteiger partial charge in [-0.05, 0) is 77.0 Å². The van der Waals surface area contributed by atoms with E-state index in [1.165, 1.54) is 135 Å². The molecule has 0 aliphatic heterocycles. The van der Waals surface area contributed by atoms with E-state index in [2.05, 4.69) is 105 Å². The van der Waals surface area contributed by atoms with Crippen molar-refractivity contribution in [2.45, 2.75) is 283 Å².